The standard InChI is InChI=1S/C28H33NO5/c1-18(2)34-15-7-14-29-25(21-10-6-11-23(17-21)33-3)24(27(31)28(29)32)26(30)22-13-12-19-8-4-5-9-20(19)16-22/h6,10-13,16-18,25,30H,4-5,7-9,14-15H2,1-3H3/b26-24-. The maximum absolute atomic E-state index is 13.2. The first-order valence-corrected chi connectivity index (χ1v) is 12.1. The number of ether oxygens (including phenoxy) is 2. The number of Topliss-reactive ketones (excluding diaryl/α,β-unsaturated/α-hetero) is 1. The van der Waals surface area contributed by atoms with Crippen molar-refractivity contribution in [1.82, 2.24) is 4.90 Å². The number of nitrogens with zero attached hydrogens (tertiary/aromatic N) is 1. The van der Waals surface area contributed by atoms with E-state index < -0.39 is 17.7 Å². The predicted molar refractivity (Wildman–Crippen MR) is 131 cm³/mol. The fourth-order valence-electron chi connectivity index (χ4n) is 4.86. The molecule has 0 aromatic heterocycles. The number of amides is 1. The Morgan fingerprint density at radius 1 is 1.09 bits per heavy atom. The lowest BCUT2D eigenvalue weighted by Gasteiger charge is -2.26. The van der Waals surface area contributed by atoms with Crippen LogP contribution in [0.1, 0.15) is 61.4 Å². The number of aliphatic hydroxyl groups is 1. The van der Waals surface area contributed by atoms with E-state index in [9.17, 15) is 14.7 Å². The van der Waals surface area contributed by atoms with E-state index in [1.165, 1.54) is 17.5 Å². The lowest BCUT2D eigenvalue weighted by Crippen LogP contribution is -2.31. The monoisotopic (exact) mass is 463 g/mol. The van der Waals surface area contributed by atoms with Crippen LogP contribution in [0.5, 0.6) is 5.75 Å². The third-order valence-corrected chi connectivity index (χ3v) is 6.57. The molecule has 6 nitrogen and oxygen atoms in total. The lowest BCUT2D eigenvalue weighted by molar-refractivity contribution is -0.140. The van der Waals surface area contributed by atoms with E-state index in [4.69, 9.17) is 9.47 Å². The molecule has 180 valence electrons. The average Bonchev–Trinajstić information content (AvgIpc) is 3.10. The van der Waals surface area contributed by atoms with Crippen LogP contribution in [-0.4, -0.2) is 48.1 Å². The number of rotatable bonds is 8. The molecule has 1 fully saturated rings. The molecule has 2 aliphatic rings. The summed E-state index contributed by atoms with van der Waals surface area (Å²) in [5, 5.41) is 11.4. The summed E-state index contributed by atoms with van der Waals surface area (Å²) in [4.78, 5) is 27.9. The number of aryl methyl sites for hydroxylation is 2. The Kier molecular flexibility index (Phi) is 7.37. The van der Waals surface area contributed by atoms with Gasteiger partial charge in [0.2, 0.25) is 0 Å². The van der Waals surface area contributed by atoms with Crippen LogP contribution in [0.3, 0.4) is 0 Å². The molecule has 1 amide bonds. The summed E-state index contributed by atoms with van der Waals surface area (Å²) >= 11 is 0. The Morgan fingerprint density at radius 2 is 1.85 bits per heavy atom. The van der Waals surface area contributed by atoms with Gasteiger partial charge in [0, 0.05) is 18.7 Å². The van der Waals surface area contributed by atoms with Crippen LogP contribution in [0.15, 0.2) is 48.0 Å². The van der Waals surface area contributed by atoms with Crippen molar-refractivity contribution in [3.05, 3.63) is 70.3 Å². The number of methoxy groups -OCH3 is 1. The molecule has 6 heteroatoms. The quantitative estimate of drug-likeness (QED) is 0.263. The van der Waals surface area contributed by atoms with E-state index >= 15 is 0 Å². The Hall–Kier alpha value is -3.12. The number of hydrogen-bond acceptors (Lipinski definition) is 5. The molecule has 1 aliphatic heterocycles. The number of benzene rings is 2. The summed E-state index contributed by atoms with van der Waals surface area (Å²) in [6, 6.07) is 12.5. The van der Waals surface area contributed by atoms with E-state index in [-0.39, 0.29) is 17.4 Å². The highest BCUT2D eigenvalue weighted by molar-refractivity contribution is 6.46. The number of aliphatic hydroxyl groups excluding tert-OH is 1. The van der Waals surface area contributed by atoms with Gasteiger partial charge in [-0.25, -0.2) is 0 Å². The molecule has 2 aromatic rings. The topological polar surface area (TPSA) is 76.1 Å². The molecular formula is C28H33NO5. The van der Waals surface area contributed by atoms with E-state index in [0.29, 0.717) is 30.9 Å². The number of carbonyl (C=O) groups is 2. The zero-order chi connectivity index (χ0) is 24.2. The first kappa shape index (κ1) is 24.0. The van der Waals surface area contributed by atoms with Gasteiger partial charge in [-0.1, -0.05) is 24.3 Å². The van der Waals surface area contributed by atoms with Crippen molar-refractivity contribution in [2.24, 2.45) is 0 Å². The molecule has 0 radical (unpaired) electrons. The number of hydrogen-bond donors (Lipinski definition) is 1. The van der Waals surface area contributed by atoms with Crippen molar-refractivity contribution < 1.29 is 24.2 Å². The minimum absolute atomic E-state index is 0.0913. The smallest absolute Gasteiger partial charge is 0.295 e. The molecule has 1 aliphatic carbocycles. The highest BCUT2D eigenvalue weighted by Crippen LogP contribution is 2.40. The lowest BCUT2D eigenvalue weighted by atomic mass is 9.88. The second-order valence-electron chi connectivity index (χ2n) is 9.23. The molecule has 1 N–H and O–H groups in total. The van der Waals surface area contributed by atoms with Gasteiger partial charge in [0.05, 0.1) is 24.8 Å². The van der Waals surface area contributed by atoms with Crippen LogP contribution in [0.4, 0.5) is 0 Å². The van der Waals surface area contributed by atoms with E-state index in [0.717, 1.165) is 24.8 Å². The summed E-state index contributed by atoms with van der Waals surface area (Å²) in [7, 11) is 1.58. The predicted octanol–water partition coefficient (Wildman–Crippen LogP) is 4.81. The van der Waals surface area contributed by atoms with Crippen molar-refractivity contribution in [2.45, 2.75) is 58.1 Å². The number of carbonyl (C=O) groups excluding carboxylic acids is 2. The van der Waals surface area contributed by atoms with Gasteiger partial charge in [0.15, 0.2) is 0 Å². The fourth-order valence-corrected chi connectivity index (χ4v) is 4.86. The maximum Gasteiger partial charge on any atom is 0.295 e. The van der Waals surface area contributed by atoms with Crippen molar-refractivity contribution in [1.29, 1.82) is 0 Å². The Labute approximate surface area is 201 Å². The molecule has 1 heterocycles. The first-order chi connectivity index (χ1) is 16.4. The van der Waals surface area contributed by atoms with E-state index in [1.807, 2.05) is 56.3 Å². The third-order valence-electron chi connectivity index (χ3n) is 6.57. The SMILES string of the molecule is COc1cccc(C2/C(=C(/O)c3ccc4c(c3)CCCC4)C(=O)C(=O)N2CCCOC(C)C)c1. The first-order valence-electron chi connectivity index (χ1n) is 12.1. The summed E-state index contributed by atoms with van der Waals surface area (Å²) in [6.45, 7) is 4.75. The van der Waals surface area contributed by atoms with Gasteiger partial charge in [-0.2, -0.15) is 0 Å². The largest absolute Gasteiger partial charge is 0.507 e. The van der Waals surface area contributed by atoms with Gasteiger partial charge in [0.25, 0.3) is 11.7 Å². The summed E-state index contributed by atoms with van der Waals surface area (Å²) in [5.74, 6) is -0.759. The van der Waals surface area contributed by atoms with Gasteiger partial charge in [-0.05, 0) is 80.8 Å². The van der Waals surface area contributed by atoms with Crippen molar-refractivity contribution >= 4 is 17.4 Å². The van der Waals surface area contributed by atoms with Gasteiger partial charge in [0.1, 0.15) is 11.5 Å². The Morgan fingerprint density at radius 3 is 2.59 bits per heavy atom. The molecule has 1 atom stereocenters. The Balaban J connectivity index is 1.75. The number of ketones is 1. The molecule has 4 rings (SSSR count). The number of likely N-dealkylation sites (tertiary alicyclic amines) is 1. The van der Waals surface area contributed by atoms with E-state index in [2.05, 4.69) is 0 Å². The Bertz CT molecular complexity index is 1100. The summed E-state index contributed by atoms with van der Waals surface area (Å²) < 4.78 is 11.0. The minimum Gasteiger partial charge on any atom is -0.507 e. The summed E-state index contributed by atoms with van der Waals surface area (Å²) in [6.07, 6.45) is 4.95. The molecule has 34 heavy (non-hydrogen) atoms. The fraction of sp³-hybridized carbons (Fsp3) is 0.429. The van der Waals surface area contributed by atoms with E-state index in [1.54, 1.807) is 12.0 Å². The van der Waals surface area contributed by atoms with Crippen LogP contribution in [0.2, 0.25) is 0 Å². The minimum atomic E-state index is -0.690. The van der Waals surface area contributed by atoms with Crippen LogP contribution in [0.25, 0.3) is 5.76 Å². The van der Waals surface area contributed by atoms with Crippen LogP contribution in [0, 0.1) is 0 Å². The highest BCUT2D eigenvalue weighted by Gasteiger charge is 2.46. The van der Waals surface area contributed by atoms with Crippen molar-refractivity contribution in [3.63, 3.8) is 0 Å². The highest BCUT2D eigenvalue weighted by atomic mass is 16.5. The van der Waals surface area contributed by atoms with Crippen molar-refractivity contribution in [3.8, 4) is 5.75 Å². The number of fused-ring (bicyclic) bond motifs is 1. The average molecular weight is 464 g/mol. The molecule has 1 saturated heterocycles. The van der Waals surface area contributed by atoms with Crippen LogP contribution >= 0.6 is 0 Å². The van der Waals surface area contributed by atoms with Gasteiger partial charge < -0.3 is 19.5 Å². The van der Waals surface area contributed by atoms with Crippen molar-refractivity contribution in [2.75, 3.05) is 20.3 Å². The normalized spacial score (nSPS) is 19.5. The maximum atomic E-state index is 13.2. The summed E-state index contributed by atoms with van der Waals surface area (Å²) in [5.41, 5.74) is 3.92. The second-order valence-corrected chi connectivity index (χ2v) is 9.23. The molecule has 0 bridgehead atoms. The molecular weight excluding hydrogens is 430 g/mol. The second kappa shape index (κ2) is 10.4. The van der Waals surface area contributed by atoms with Gasteiger partial charge >= 0.3 is 0 Å². The molecule has 0 saturated carbocycles. The molecule has 2 aromatic carbocycles. The zero-order valence-corrected chi connectivity index (χ0v) is 20.2. The molecule has 0 spiro atoms. The van der Waals surface area contributed by atoms with Crippen LogP contribution in [-0.2, 0) is 27.2 Å². The zero-order valence-electron chi connectivity index (χ0n) is 20.2. The van der Waals surface area contributed by atoms with Gasteiger partial charge in [-0.15, -0.1) is 0 Å². The van der Waals surface area contributed by atoms with Gasteiger partial charge in [-0.3, -0.25) is 9.59 Å². The van der Waals surface area contributed by atoms with Crippen LogP contribution < -0.4 is 4.74 Å². The third kappa shape index (κ3) is 4.87. The molecule has 1 unspecified atom stereocenters.